The van der Waals surface area contributed by atoms with Crippen molar-refractivity contribution in [2.24, 2.45) is 5.41 Å². The Bertz CT molecular complexity index is 1250. The molecule has 176 valence electrons. The van der Waals surface area contributed by atoms with Crippen LogP contribution in [0.4, 0.5) is 10.3 Å². The first-order chi connectivity index (χ1) is 15.6. The molecule has 1 aliphatic carbocycles. The van der Waals surface area contributed by atoms with E-state index in [9.17, 15) is 8.60 Å². The van der Waals surface area contributed by atoms with Crippen molar-refractivity contribution in [3.05, 3.63) is 57.7 Å². The molecule has 2 aliphatic rings. The number of nitrogens with zero attached hydrogens (tertiary/aromatic N) is 4. The number of anilines is 1. The summed E-state index contributed by atoms with van der Waals surface area (Å²) in [5, 5.41) is 0. The third kappa shape index (κ3) is 3.91. The van der Waals surface area contributed by atoms with Gasteiger partial charge in [0.15, 0.2) is 5.65 Å². The number of aromatic nitrogens is 3. The van der Waals surface area contributed by atoms with Gasteiger partial charge in [-0.3, -0.25) is 4.40 Å². The Balaban J connectivity index is 1.46. The molecule has 3 heterocycles. The van der Waals surface area contributed by atoms with Crippen molar-refractivity contribution in [3.8, 4) is 0 Å². The summed E-state index contributed by atoms with van der Waals surface area (Å²) in [5.74, 6) is 0.679. The van der Waals surface area contributed by atoms with Crippen LogP contribution < -0.4 is 9.62 Å². The van der Waals surface area contributed by atoms with Crippen LogP contribution in [0.3, 0.4) is 0 Å². The molecule has 0 saturated carbocycles. The van der Waals surface area contributed by atoms with Crippen LogP contribution in [0.15, 0.2) is 35.1 Å². The molecule has 6 nitrogen and oxygen atoms in total. The Morgan fingerprint density at radius 3 is 2.70 bits per heavy atom. The lowest BCUT2D eigenvalue weighted by atomic mass is 9.73. The summed E-state index contributed by atoms with van der Waals surface area (Å²) in [6.45, 7) is 9.55. The van der Waals surface area contributed by atoms with Crippen LogP contribution >= 0.6 is 15.9 Å². The molecule has 0 unspecified atom stereocenters. The molecule has 1 fully saturated rings. The van der Waals surface area contributed by atoms with E-state index in [1.54, 1.807) is 12.3 Å². The first kappa shape index (κ1) is 22.9. The third-order valence-corrected chi connectivity index (χ3v) is 9.52. The molecular weight excluding hydrogens is 505 g/mol. The van der Waals surface area contributed by atoms with Gasteiger partial charge in [0.1, 0.15) is 5.82 Å². The molecule has 5 rings (SSSR count). The molecule has 2 atom stereocenters. The largest absolute Gasteiger partial charge is 0.342 e. The third-order valence-electron chi connectivity index (χ3n) is 7.03. The second kappa shape index (κ2) is 8.13. The fourth-order valence-electron chi connectivity index (χ4n) is 5.18. The second-order valence-electron chi connectivity index (χ2n) is 10.2. The standard InChI is InChI=1S/C24H29BrFN5OS/c1-15-19(25)21-27-9-12-31(21)22(28-15)30-10-7-24(8-11-30)14-16-13-17(26)5-6-18(16)20(24)29-33(32)23(2,3)4/h5-6,9,12-13,20,29H,7-8,10-11,14H2,1-4H3/t20-,33-/m1/s1. The molecule has 9 heteroatoms. The average Bonchev–Trinajstić information content (AvgIpc) is 3.35. The molecule has 0 bridgehead atoms. The molecule has 1 N–H and O–H groups in total. The first-order valence-corrected chi connectivity index (χ1v) is 13.2. The zero-order chi connectivity index (χ0) is 23.5. The number of rotatable bonds is 3. The highest BCUT2D eigenvalue weighted by Crippen LogP contribution is 2.52. The maximum atomic E-state index is 14.1. The predicted octanol–water partition coefficient (Wildman–Crippen LogP) is 4.88. The summed E-state index contributed by atoms with van der Waals surface area (Å²) in [4.78, 5) is 11.6. The van der Waals surface area contributed by atoms with E-state index in [4.69, 9.17) is 4.98 Å². The highest BCUT2D eigenvalue weighted by atomic mass is 79.9. The Hall–Kier alpha value is -1.84. The van der Waals surface area contributed by atoms with E-state index < -0.39 is 11.0 Å². The Morgan fingerprint density at radius 1 is 1.27 bits per heavy atom. The maximum Gasteiger partial charge on any atom is 0.211 e. The zero-order valence-electron chi connectivity index (χ0n) is 19.4. The summed E-state index contributed by atoms with van der Waals surface area (Å²) in [6, 6.07) is 4.98. The van der Waals surface area contributed by atoms with Crippen molar-refractivity contribution < 1.29 is 8.60 Å². The van der Waals surface area contributed by atoms with Crippen molar-refractivity contribution in [1.82, 2.24) is 19.1 Å². The van der Waals surface area contributed by atoms with Crippen LogP contribution in [-0.4, -0.2) is 36.4 Å². The van der Waals surface area contributed by atoms with Gasteiger partial charge in [0.05, 0.1) is 31.9 Å². The van der Waals surface area contributed by atoms with Crippen LogP contribution in [0.25, 0.3) is 5.65 Å². The molecule has 33 heavy (non-hydrogen) atoms. The van der Waals surface area contributed by atoms with E-state index in [0.717, 1.165) is 65.2 Å². The Labute approximate surface area is 204 Å². The number of aryl methyl sites for hydroxylation is 1. The van der Waals surface area contributed by atoms with Crippen LogP contribution in [0, 0.1) is 18.2 Å². The Kier molecular flexibility index (Phi) is 5.65. The van der Waals surface area contributed by atoms with E-state index in [1.807, 2.05) is 44.4 Å². The fraction of sp³-hybridized carbons (Fsp3) is 0.500. The molecule has 1 aromatic carbocycles. The maximum absolute atomic E-state index is 14.1. The number of halogens is 2. The SMILES string of the molecule is Cc1nc(N2CCC3(CC2)Cc2cc(F)ccc2[C@H]3N[S@](=O)C(C)(C)C)n2ccnc2c1Br. The normalized spacial score (nSPS) is 21.0. The van der Waals surface area contributed by atoms with Crippen LogP contribution in [0.2, 0.25) is 0 Å². The molecule has 1 saturated heterocycles. The summed E-state index contributed by atoms with van der Waals surface area (Å²) in [7, 11) is -1.22. The summed E-state index contributed by atoms with van der Waals surface area (Å²) in [6.07, 6.45) is 6.32. The van der Waals surface area contributed by atoms with Crippen molar-refractivity contribution in [3.63, 3.8) is 0 Å². The van der Waals surface area contributed by atoms with E-state index in [2.05, 4.69) is 30.5 Å². The molecule has 1 aliphatic heterocycles. The van der Waals surface area contributed by atoms with E-state index in [1.165, 1.54) is 6.07 Å². The number of fused-ring (bicyclic) bond motifs is 2. The lowest BCUT2D eigenvalue weighted by Gasteiger charge is -2.44. The number of nitrogens with one attached hydrogen (secondary N) is 1. The van der Waals surface area contributed by atoms with Crippen molar-refractivity contribution in [1.29, 1.82) is 0 Å². The lowest BCUT2D eigenvalue weighted by Crippen LogP contribution is -2.48. The van der Waals surface area contributed by atoms with Gasteiger partial charge in [-0.25, -0.2) is 23.3 Å². The van der Waals surface area contributed by atoms with Crippen molar-refractivity contribution in [2.75, 3.05) is 18.0 Å². The minimum atomic E-state index is -1.22. The fourth-order valence-corrected chi connectivity index (χ4v) is 6.50. The van der Waals surface area contributed by atoms with Gasteiger partial charge in [-0.15, -0.1) is 0 Å². The average molecular weight is 534 g/mol. The molecule has 0 radical (unpaired) electrons. The number of hydrogen-bond donors (Lipinski definition) is 1. The van der Waals surface area contributed by atoms with Crippen LogP contribution in [-0.2, 0) is 17.4 Å². The Morgan fingerprint density at radius 2 is 2.00 bits per heavy atom. The van der Waals surface area contributed by atoms with Crippen LogP contribution in [0.1, 0.15) is 56.5 Å². The van der Waals surface area contributed by atoms with Crippen molar-refractivity contribution >= 4 is 38.5 Å². The van der Waals surface area contributed by atoms with Gasteiger partial charge in [-0.1, -0.05) is 6.07 Å². The smallest absolute Gasteiger partial charge is 0.211 e. The molecular formula is C24H29BrFN5OS. The number of piperidine rings is 1. The van der Waals surface area contributed by atoms with Gasteiger partial charge in [-0.05, 0) is 91.6 Å². The van der Waals surface area contributed by atoms with E-state index >= 15 is 0 Å². The quantitative estimate of drug-likeness (QED) is 0.521. The van der Waals surface area contributed by atoms with Gasteiger partial charge < -0.3 is 4.90 Å². The molecule has 0 amide bonds. The monoisotopic (exact) mass is 533 g/mol. The predicted molar refractivity (Wildman–Crippen MR) is 133 cm³/mol. The van der Waals surface area contributed by atoms with Gasteiger partial charge in [0.25, 0.3) is 0 Å². The highest BCUT2D eigenvalue weighted by molar-refractivity contribution is 9.10. The zero-order valence-corrected chi connectivity index (χ0v) is 21.8. The summed E-state index contributed by atoms with van der Waals surface area (Å²) in [5.41, 5.74) is 3.78. The minimum absolute atomic E-state index is 0.0665. The number of imidazole rings is 1. The molecule has 1 spiro atoms. The second-order valence-corrected chi connectivity index (χ2v) is 13.0. The minimum Gasteiger partial charge on any atom is -0.342 e. The van der Waals surface area contributed by atoms with E-state index in [-0.39, 0.29) is 22.0 Å². The van der Waals surface area contributed by atoms with Gasteiger partial charge >= 0.3 is 0 Å². The van der Waals surface area contributed by atoms with Gasteiger partial charge in [-0.2, -0.15) is 0 Å². The molecule has 3 aromatic rings. The topological polar surface area (TPSA) is 62.5 Å². The van der Waals surface area contributed by atoms with Gasteiger partial charge in [0.2, 0.25) is 5.95 Å². The molecule has 2 aromatic heterocycles. The van der Waals surface area contributed by atoms with Crippen molar-refractivity contribution in [2.45, 2.75) is 57.7 Å². The number of hydrogen-bond acceptors (Lipinski definition) is 4. The summed E-state index contributed by atoms with van der Waals surface area (Å²) < 4.78 is 33.1. The van der Waals surface area contributed by atoms with Crippen LogP contribution in [0.5, 0.6) is 0 Å². The summed E-state index contributed by atoms with van der Waals surface area (Å²) >= 11 is 3.60. The lowest BCUT2D eigenvalue weighted by molar-refractivity contribution is 0.177. The van der Waals surface area contributed by atoms with E-state index in [0.29, 0.717) is 0 Å². The highest BCUT2D eigenvalue weighted by Gasteiger charge is 2.49. The van der Waals surface area contributed by atoms with Gasteiger partial charge in [0, 0.05) is 25.5 Å². The first-order valence-electron chi connectivity index (χ1n) is 11.3. The number of benzene rings is 1.